The summed E-state index contributed by atoms with van der Waals surface area (Å²) in [5, 5.41) is 9.51. The van der Waals surface area contributed by atoms with Crippen molar-refractivity contribution in [3.63, 3.8) is 0 Å². The number of ether oxygens (including phenoxy) is 2. The number of carbonyl (C=O) groups is 1. The maximum absolute atomic E-state index is 12.3. The fourth-order valence-electron chi connectivity index (χ4n) is 2.54. The minimum atomic E-state index is -0.440. The van der Waals surface area contributed by atoms with Crippen molar-refractivity contribution in [3.8, 4) is 17.6 Å². The summed E-state index contributed by atoms with van der Waals surface area (Å²) in [6.45, 7) is 0. The Balaban J connectivity index is 1.81. The van der Waals surface area contributed by atoms with Gasteiger partial charge in [-0.1, -0.05) is 28.1 Å². The first kappa shape index (κ1) is 19.4. The Kier molecular flexibility index (Phi) is 6.25. The highest BCUT2D eigenvalue weighted by molar-refractivity contribution is 9.10. The number of allylic oxidation sites excluding steroid dienone is 1. The molecule has 0 aliphatic rings. The van der Waals surface area contributed by atoms with Gasteiger partial charge in [-0.2, -0.15) is 5.26 Å². The molecule has 5 heteroatoms. The molecule has 4 nitrogen and oxygen atoms in total. The second-order valence-corrected chi connectivity index (χ2v) is 6.78. The van der Waals surface area contributed by atoms with Crippen molar-refractivity contribution < 1.29 is 14.3 Å². The zero-order valence-corrected chi connectivity index (χ0v) is 16.6. The van der Waals surface area contributed by atoms with Crippen LogP contribution in [0.3, 0.4) is 0 Å². The van der Waals surface area contributed by atoms with E-state index in [-0.39, 0.29) is 0 Å². The molecule has 0 saturated heterocycles. The normalized spacial score (nSPS) is 10.8. The van der Waals surface area contributed by atoms with Crippen LogP contribution in [0.15, 0.2) is 77.3 Å². The van der Waals surface area contributed by atoms with Crippen LogP contribution < -0.4 is 9.47 Å². The lowest BCUT2D eigenvalue weighted by molar-refractivity contribution is 0.0735. The number of carbonyl (C=O) groups excluding carboxylic acids is 1. The quantitative estimate of drug-likeness (QED) is 0.222. The van der Waals surface area contributed by atoms with E-state index in [1.807, 2.05) is 18.2 Å². The summed E-state index contributed by atoms with van der Waals surface area (Å²) in [5.74, 6) is 0.695. The van der Waals surface area contributed by atoms with Gasteiger partial charge in [-0.3, -0.25) is 0 Å². The van der Waals surface area contributed by atoms with Crippen LogP contribution in [-0.4, -0.2) is 13.1 Å². The number of rotatable bonds is 5. The lowest BCUT2D eigenvalue weighted by Gasteiger charge is -2.06. The van der Waals surface area contributed by atoms with Crippen LogP contribution in [-0.2, 0) is 0 Å². The molecule has 0 aromatic heterocycles. The van der Waals surface area contributed by atoms with E-state index in [1.165, 1.54) is 0 Å². The van der Waals surface area contributed by atoms with E-state index < -0.39 is 5.97 Å². The molecule has 28 heavy (non-hydrogen) atoms. The van der Waals surface area contributed by atoms with E-state index in [0.717, 1.165) is 21.3 Å². The molecule has 3 rings (SSSR count). The highest BCUT2D eigenvalue weighted by Gasteiger charge is 2.09. The molecule has 0 aliphatic heterocycles. The van der Waals surface area contributed by atoms with Gasteiger partial charge in [0.2, 0.25) is 0 Å². The van der Waals surface area contributed by atoms with Crippen LogP contribution in [0, 0.1) is 11.3 Å². The predicted octanol–water partition coefficient (Wildman–Crippen LogP) is 5.74. The molecule has 0 atom stereocenters. The average Bonchev–Trinajstić information content (AvgIpc) is 2.73. The van der Waals surface area contributed by atoms with Gasteiger partial charge in [0.1, 0.15) is 11.5 Å². The van der Waals surface area contributed by atoms with Crippen LogP contribution in [0.2, 0.25) is 0 Å². The smallest absolute Gasteiger partial charge is 0.343 e. The van der Waals surface area contributed by atoms with Crippen molar-refractivity contribution in [2.24, 2.45) is 0 Å². The fourth-order valence-corrected chi connectivity index (χ4v) is 2.80. The third-order valence-corrected chi connectivity index (χ3v) is 4.51. The zero-order chi connectivity index (χ0) is 19.9. The highest BCUT2D eigenvalue weighted by Crippen LogP contribution is 2.23. The number of benzene rings is 3. The summed E-state index contributed by atoms with van der Waals surface area (Å²) < 4.78 is 11.5. The molecule has 3 aromatic rings. The molecule has 3 aromatic carbocycles. The molecule has 0 radical (unpaired) electrons. The van der Waals surface area contributed by atoms with E-state index in [0.29, 0.717) is 16.9 Å². The van der Waals surface area contributed by atoms with Gasteiger partial charge in [0.15, 0.2) is 0 Å². The van der Waals surface area contributed by atoms with Crippen molar-refractivity contribution in [3.05, 3.63) is 94.0 Å². The molecule has 0 spiro atoms. The second kappa shape index (κ2) is 9.03. The summed E-state index contributed by atoms with van der Waals surface area (Å²) in [6, 6.07) is 23.4. The van der Waals surface area contributed by atoms with Crippen LogP contribution in [0.1, 0.15) is 21.5 Å². The van der Waals surface area contributed by atoms with Crippen molar-refractivity contribution in [2.45, 2.75) is 0 Å². The SMILES string of the molecule is COc1ccc(/C(C#N)=C\c2cccc(OC(=O)c3ccc(Br)cc3)c2)cc1. The van der Waals surface area contributed by atoms with Gasteiger partial charge >= 0.3 is 5.97 Å². The summed E-state index contributed by atoms with van der Waals surface area (Å²) in [4.78, 5) is 12.3. The molecule has 138 valence electrons. The lowest BCUT2D eigenvalue weighted by Crippen LogP contribution is -2.08. The van der Waals surface area contributed by atoms with E-state index in [4.69, 9.17) is 9.47 Å². The van der Waals surface area contributed by atoms with Crippen LogP contribution >= 0.6 is 15.9 Å². The number of methoxy groups -OCH3 is 1. The number of nitriles is 1. The van der Waals surface area contributed by atoms with Gasteiger partial charge in [0, 0.05) is 4.47 Å². The Morgan fingerprint density at radius 2 is 1.64 bits per heavy atom. The van der Waals surface area contributed by atoms with Gasteiger partial charge in [0.25, 0.3) is 0 Å². The lowest BCUT2D eigenvalue weighted by atomic mass is 10.0. The number of nitrogens with zero attached hydrogens (tertiary/aromatic N) is 1. The fraction of sp³-hybridized carbons (Fsp3) is 0.0435. The molecule has 0 heterocycles. The summed E-state index contributed by atoms with van der Waals surface area (Å²) >= 11 is 3.34. The van der Waals surface area contributed by atoms with E-state index in [1.54, 1.807) is 67.8 Å². The van der Waals surface area contributed by atoms with Crippen molar-refractivity contribution in [1.29, 1.82) is 5.26 Å². The van der Waals surface area contributed by atoms with E-state index in [9.17, 15) is 10.1 Å². The Morgan fingerprint density at radius 1 is 0.964 bits per heavy atom. The molecular weight excluding hydrogens is 418 g/mol. The van der Waals surface area contributed by atoms with Gasteiger partial charge in [-0.25, -0.2) is 4.79 Å². The first-order valence-corrected chi connectivity index (χ1v) is 9.22. The van der Waals surface area contributed by atoms with Crippen molar-refractivity contribution in [1.82, 2.24) is 0 Å². The number of hydrogen-bond acceptors (Lipinski definition) is 4. The van der Waals surface area contributed by atoms with Crippen LogP contribution in [0.5, 0.6) is 11.5 Å². The monoisotopic (exact) mass is 433 g/mol. The Morgan fingerprint density at radius 3 is 2.29 bits per heavy atom. The molecule has 0 bridgehead atoms. The second-order valence-electron chi connectivity index (χ2n) is 5.87. The Bertz CT molecular complexity index is 1050. The Hall–Kier alpha value is -3.36. The first-order chi connectivity index (χ1) is 13.6. The molecule has 0 amide bonds. The minimum absolute atomic E-state index is 0.411. The van der Waals surface area contributed by atoms with Gasteiger partial charge < -0.3 is 9.47 Å². The first-order valence-electron chi connectivity index (χ1n) is 8.43. The molecule has 0 saturated carbocycles. The Labute approximate surface area is 171 Å². The zero-order valence-electron chi connectivity index (χ0n) is 15.1. The maximum atomic E-state index is 12.3. The highest BCUT2D eigenvalue weighted by atomic mass is 79.9. The average molecular weight is 434 g/mol. The number of hydrogen-bond donors (Lipinski definition) is 0. The number of esters is 1. The third kappa shape index (κ3) is 4.87. The predicted molar refractivity (Wildman–Crippen MR) is 112 cm³/mol. The summed E-state index contributed by atoms with van der Waals surface area (Å²) in [6.07, 6.45) is 1.75. The minimum Gasteiger partial charge on any atom is -0.497 e. The van der Waals surface area contributed by atoms with Crippen LogP contribution in [0.25, 0.3) is 11.6 Å². The molecular formula is C23H16BrNO3. The van der Waals surface area contributed by atoms with Gasteiger partial charge in [-0.05, 0) is 77.9 Å². The largest absolute Gasteiger partial charge is 0.497 e. The summed E-state index contributed by atoms with van der Waals surface area (Å²) in [5.41, 5.74) is 2.49. The molecule has 0 N–H and O–H groups in total. The van der Waals surface area contributed by atoms with Gasteiger partial charge in [0.05, 0.1) is 24.3 Å². The van der Waals surface area contributed by atoms with Crippen molar-refractivity contribution in [2.75, 3.05) is 7.11 Å². The molecule has 0 aliphatic carbocycles. The van der Waals surface area contributed by atoms with Crippen molar-refractivity contribution >= 4 is 33.5 Å². The van der Waals surface area contributed by atoms with E-state index in [2.05, 4.69) is 22.0 Å². The topological polar surface area (TPSA) is 59.3 Å². The maximum Gasteiger partial charge on any atom is 0.343 e. The standard InChI is InChI=1S/C23H16BrNO3/c1-27-21-11-7-17(8-12-21)19(15-25)13-16-3-2-4-22(14-16)28-23(26)18-5-9-20(24)10-6-18/h2-14H,1H3/b19-13-. The van der Waals surface area contributed by atoms with E-state index >= 15 is 0 Å². The third-order valence-electron chi connectivity index (χ3n) is 3.98. The summed E-state index contributed by atoms with van der Waals surface area (Å²) in [7, 11) is 1.59. The molecule has 0 fully saturated rings. The van der Waals surface area contributed by atoms with Gasteiger partial charge in [-0.15, -0.1) is 0 Å². The number of halogens is 1. The van der Waals surface area contributed by atoms with Crippen LogP contribution in [0.4, 0.5) is 0 Å². The molecule has 0 unspecified atom stereocenters.